The summed E-state index contributed by atoms with van der Waals surface area (Å²) in [4.78, 5) is 22.6. The number of rotatable bonds is 3. The number of ether oxygens (including phenoxy) is 1. The fourth-order valence-electron chi connectivity index (χ4n) is 4.43. The number of hydrogen-bond acceptors (Lipinski definition) is 8. The normalized spacial score (nSPS) is 16.9. The highest BCUT2D eigenvalue weighted by Crippen LogP contribution is 2.44. The van der Waals surface area contributed by atoms with E-state index >= 15 is 0 Å². The quantitative estimate of drug-likeness (QED) is 0.343. The predicted octanol–water partition coefficient (Wildman–Crippen LogP) is 2.91. The zero-order valence-corrected chi connectivity index (χ0v) is 17.0. The first-order valence-electron chi connectivity index (χ1n) is 10.3. The Bertz CT molecular complexity index is 1380. The van der Waals surface area contributed by atoms with Crippen molar-refractivity contribution in [2.24, 2.45) is 5.73 Å². The molecular weight excluding hydrogens is 408 g/mol. The molecule has 0 unspecified atom stereocenters. The molecule has 2 aliphatic rings. The number of anilines is 4. The number of aromatic nitrogens is 4. The number of nitrogen functional groups attached to an aromatic ring is 1. The summed E-state index contributed by atoms with van der Waals surface area (Å²) in [5, 5.41) is 11.6. The molecule has 4 heterocycles. The molecule has 2 aliphatic heterocycles. The number of nitrogens with zero attached hydrogens (tertiary/aromatic N) is 4. The number of nitrogens with two attached hydrogens (primary N) is 2. The van der Waals surface area contributed by atoms with E-state index in [-0.39, 0.29) is 11.9 Å². The second kappa shape index (κ2) is 6.84. The van der Waals surface area contributed by atoms with E-state index in [0.717, 1.165) is 28.6 Å². The minimum Gasteiger partial charge on any atom is -0.454 e. The second-order valence-corrected chi connectivity index (χ2v) is 7.92. The van der Waals surface area contributed by atoms with Crippen molar-refractivity contribution in [1.29, 1.82) is 0 Å². The Morgan fingerprint density at radius 1 is 1.16 bits per heavy atom. The minimum atomic E-state index is -0.398. The predicted molar refractivity (Wildman–Crippen MR) is 121 cm³/mol. The summed E-state index contributed by atoms with van der Waals surface area (Å²) in [6.45, 7) is 0.684. The number of H-pyrrole nitrogens is 1. The number of amides is 1. The van der Waals surface area contributed by atoms with Gasteiger partial charge in [0.15, 0.2) is 11.6 Å². The first-order chi connectivity index (χ1) is 15.6. The maximum Gasteiger partial charge on any atom is 0.240 e. The van der Waals surface area contributed by atoms with Crippen LogP contribution in [0, 0.1) is 0 Å². The molecule has 4 aromatic rings. The van der Waals surface area contributed by atoms with Gasteiger partial charge in [-0.3, -0.25) is 9.89 Å². The smallest absolute Gasteiger partial charge is 0.240 e. The number of fused-ring (bicyclic) bond motifs is 1. The Hall–Kier alpha value is -4.34. The van der Waals surface area contributed by atoms with Crippen molar-refractivity contribution < 1.29 is 9.53 Å². The topological polar surface area (TPSA) is 148 Å². The molecule has 6 rings (SSSR count). The molecule has 6 N–H and O–H groups in total. The molecule has 32 heavy (non-hydrogen) atoms. The lowest BCUT2D eigenvalue weighted by molar-refractivity contribution is -0.119. The van der Waals surface area contributed by atoms with Crippen LogP contribution in [0.5, 0.6) is 11.5 Å². The molecule has 0 saturated carbocycles. The summed E-state index contributed by atoms with van der Waals surface area (Å²) in [6.07, 6.45) is 1.56. The number of carbonyl (C=O) groups is 1. The largest absolute Gasteiger partial charge is 0.454 e. The van der Waals surface area contributed by atoms with E-state index in [1.807, 2.05) is 47.4 Å². The molecule has 0 bridgehead atoms. The molecular formula is C22H20N8O2. The molecule has 1 atom stereocenters. The highest BCUT2D eigenvalue weighted by molar-refractivity contribution is 6.00. The molecule has 10 nitrogen and oxygen atoms in total. The van der Waals surface area contributed by atoms with Gasteiger partial charge in [-0.25, -0.2) is 4.98 Å². The van der Waals surface area contributed by atoms with Crippen LogP contribution in [0.1, 0.15) is 12.8 Å². The number of carbonyl (C=O) groups excluding carboxylic acids is 1. The zero-order valence-electron chi connectivity index (χ0n) is 17.0. The lowest BCUT2D eigenvalue weighted by Gasteiger charge is -2.23. The van der Waals surface area contributed by atoms with E-state index in [1.165, 1.54) is 0 Å². The minimum absolute atomic E-state index is 0.122. The van der Waals surface area contributed by atoms with E-state index in [1.54, 1.807) is 0 Å². The number of para-hydroxylation sites is 2. The van der Waals surface area contributed by atoms with Gasteiger partial charge in [0.05, 0.1) is 22.3 Å². The molecule has 0 aliphatic carbocycles. The van der Waals surface area contributed by atoms with Gasteiger partial charge in [-0.2, -0.15) is 10.1 Å². The number of hydrogen-bond donors (Lipinski definition) is 4. The maximum absolute atomic E-state index is 11.9. The van der Waals surface area contributed by atoms with Crippen molar-refractivity contribution in [3.8, 4) is 22.8 Å². The first-order valence-corrected chi connectivity index (χ1v) is 10.3. The number of aromatic amines is 1. The summed E-state index contributed by atoms with van der Waals surface area (Å²) in [5.41, 5.74) is 14.7. The third-order valence-corrected chi connectivity index (χ3v) is 5.89. The van der Waals surface area contributed by atoms with E-state index in [9.17, 15) is 4.79 Å². The summed E-state index contributed by atoms with van der Waals surface area (Å²) < 4.78 is 6.24. The lowest BCUT2D eigenvalue weighted by atomic mass is 10.1. The van der Waals surface area contributed by atoms with E-state index < -0.39 is 6.04 Å². The average molecular weight is 428 g/mol. The fourth-order valence-corrected chi connectivity index (χ4v) is 4.43. The van der Waals surface area contributed by atoms with Gasteiger partial charge in [0.1, 0.15) is 17.6 Å². The Balaban J connectivity index is 1.47. The van der Waals surface area contributed by atoms with Crippen molar-refractivity contribution in [2.45, 2.75) is 18.9 Å². The van der Waals surface area contributed by atoms with Gasteiger partial charge in [-0.05, 0) is 37.1 Å². The summed E-state index contributed by atoms with van der Waals surface area (Å²) in [6, 6.07) is 13.0. The van der Waals surface area contributed by atoms with Crippen LogP contribution in [-0.2, 0) is 4.79 Å². The third kappa shape index (κ3) is 2.88. The fraction of sp³-hybridized carbons (Fsp3) is 0.182. The van der Waals surface area contributed by atoms with Gasteiger partial charge in [-0.15, -0.1) is 0 Å². The van der Waals surface area contributed by atoms with Gasteiger partial charge in [-0.1, -0.05) is 12.1 Å². The van der Waals surface area contributed by atoms with E-state index in [0.29, 0.717) is 41.8 Å². The number of primary amides is 1. The molecule has 1 saturated heterocycles. The van der Waals surface area contributed by atoms with Crippen LogP contribution in [0.2, 0.25) is 0 Å². The van der Waals surface area contributed by atoms with Crippen molar-refractivity contribution in [3.63, 3.8) is 0 Å². The van der Waals surface area contributed by atoms with Crippen LogP contribution in [0.25, 0.3) is 22.2 Å². The molecule has 1 fully saturated rings. The van der Waals surface area contributed by atoms with Crippen LogP contribution < -0.4 is 26.4 Å². The molecule has 10 heteroatoms. The molecule has 1 amide bonds. The summed E-state index contributed by atoms with van der Waals surface area (Å²) >= 11 is 0. The zero-order chi connectivity index (χ0) is 21.8. The highest BCUT2D eigenvalue weighted by atomic mass is 16.5. The van der Waals surface area contributed by atoms with Crippen LogP contribution in [0.4, 0.5) is 23.3 Å². The van der Waals surface area contributed by atoms with E-state index in [2.05, 4.69) is 25.5 Å². The van der Waals surface area contributed by atoms with Crippen molar-refractivity contribution in [3.05, 3.63) is 42.5 Å². The van der Waals surface area contributed by atoms with Gasteiger partial charge in [0.25, 0.3) is 0 Å². The molecule has 160 valence electrons. The molecule has 2 aromatic carbocycles. The first kappa shape index (κ1) is 18.4. The molecule has 0 radical (unpaired) electrons. The Morgan fingerprint density at radius 2 is 2.03 bits per heavy atom. The van der Waals surface area contributed by atoms with Crippen molar-refractivity contribution in [1.82, 2.24) is 20.2 Å². The standard InChI is InChI=1S/C22H20N8O2/c23-20(31)15-5-3-7-30(15)18-10-13(26-22(24)27-18)11-8-14-19-17(9-11)32-16-6-2-1-4-12(16)25-21(19)29-28-14/h1-2,4,6,8-10,15H,3,5,7H2,(H2,23,31)(H2,24,26,27)(H2,25,28,29)/t15-/m0/s1. The van der Waals surface area contributed by atoms with Gasteiger partial charge in [0.2, 0.25) is 11.9 Å². The average Bonchev–Trinajstić information content (AvgIpc) is 3.39. The number of nitrogens with one attached hydrogen (secondary N) is 2. The monoisotopic (exact) mass is 428 g/mol. The molecule has 0 spiro atoms. The summed E-state index contributed by atoms with van der Waals surface area (Å²) in [5.74, 6) is 2.38. The Kier molecular flexibility index (Phi) is 3.94. The van der Waals surface area contributed by atoms with Crippen LogP contribution in [-0.4, -0.2) is 38.7 Å². The van der Waals surface area contributed by atoms with E-state index in [4.69, 9.17) is 16.2 Å². The van der Waals surface area contributed by atoms with Gasteiger partial charge in [0, 0.05) is 18.2 Å². The number of benzene rings is 2. The Morgan fingerprint density at radius 3 is 2.91 bits per heavy atom. The van der Waals surface area contributed by atoms with Gasteiger partial charge < -0.3 is 26.4 Å². The summed E-state index contributed by atoms with van der Waals surface area (Å²) in [7, 11) is 0. The SMILES string of the molecule is NC(=O)[C@@H]1CCCN1c1cc(-c2cc3c4c(n[nH]c4c2)Nc2ccccc2O3)nc(N)n1. The highest BCUT2D eigenvalue weighted by Gasteiger charge is 2.30. The van der Waals surface area contributed by atoms with Gasteiger partial charge >= 0.3 is 0 Å². The third-order valence-electron chi connectivity index (χ3n) is 5.89. The van der Waals surface area contributed by atoms with Crippen LogP contribution in [0.3, 0.4) is 0 Å². The van der Waals surface area contributed by atoms with Crippen LogP contribution >= 0.6 is 0 Å². The Labute approximate surface area is 182 Å². The maximum atomic E-state index is 11.9. The molecule has 2 aromatic heterocycles. The second-order valence-electron chi connectivity index (χ2n) is 7.92. The van der Waals surface area contributed by atoms with Crippen molar-refractivity contribution >= 4 is 40.1 Å². The van der Waals surface area contributed by atoms with Crippen molar-refractivity contribution in [2.75, 3.05) is 22.5 Å². The lowest BCUT2D eigenvalue weighted by Crippen LogP contribution is -2.40. The van der Waals surface area contributed by atoms with Crippen LogP contribution in [0.15, 0.2) is 42.5 Å².